The zero-order valence-electron chi connectivity index (χ0n) is 14.6. The summed E-state index contributed by atoms with van der Waals surface area (Å²) in [5.41, 5.74) is 2.35. The van der Waals surface area contributed by atoms with Gasteiger partial charge in [0.1, 0.15) is 11.6 Å². The van der Waals surface area contributed by atoms with Crippen LogP contribution in [0.4, 0.5) is 5.69 Å². The molecule has 4 unspecified atom stereocenters. The minimum Gasteiger partial charge on any atom is -0.467 e. The number of benzene rings is 1. The first-order valence-electron chi connectivity index (χ1n) is 9.03. The van der Waals surface area contributed by atoms with Gasteiger partial charge in [-0.25, -0.2) is 4.79 Å². The third-order valence-corrected chi connectivity index (χ3v) is 6.82. The number of esters is 1. The van der Waals surface area contributed by atoms with E-state index in [1.807, 2.05) is 31.2 Å². The Bertz CT molecular complexity index is 817. The summed E-state index contributed by atoms with van der Waals surface area (Å²) in [6, 6.07) is 7.52. The van der Waals surface area contributed by atoms with Crippen molar-refractivity contribution in [1.82, 2.24) is 4.90 Å². The molecular formula is C20H22N2O3. The molecule has 1 spiro atoms. The summed E-state index contributed by atoms with van der Waals surface area (Å²) in [6.07, 6.45) is 3.78. The van der Waals surface area contributed by atoms with Gasteiger partial charge in [-0.05, 0) is 31.9 Å². The highest BCUT2D eigenvalue weighted by Crippen LogP contribution is 2.56. The third kappa shape index (κ3) is 1.62. The van der Waals surface area contributed by atoms with Gasteiger partial charge in [0.05, 0.1) is 7.11 Å². The number of hydrogen-bond acceptors (Lipinski definition) is 5. The van der Waals surface area contributed by atoms with Crippen molar-refractivity contribution in [1.29, 1.82) is 0 Å². The van der Waals surface area contributed by atoms with E-state index in [9.17, 15) is 9.59 Å². The molecule has 0 N–H and O–H groups in total. The standard InChI is InChI=1S/C20H22N2O3/c1-3-12-11-21-9-8-20-16(21)10-14(12)17(19(24)25-2)22(20)15-7-5-4-6-13(15)18(20)23/h3-7,14,16-17H,8-11H2,1-2H3. The number of hydrogen-bond donors (Lipinski definition) is 0. The second kappa shape index (κ2) is 4.94. The van der Waals surface area contributed by atoms with Crippen molar-refractivity contribution < 1.29 is 14.3 Å². The number of anilines is 1. The van der Waals surface area contributed by atoms with Gasteiger partial charge in [-0.3, -0.25) is 9.69 Å². The minimum absolute atomic E-state index is 0.115. The lowest BCUT2D eigenvalue weighted by molar-refractivity contribution is -0.145. The first-order valence-corrected chi connectivity index (χ1v) is 9.03. The molecule has 130 valence electrons. The van der Waals surface area contributed by atoms with E-state index in [-0.39, 0.29) is 23.7 Å². The van der Waals surface area contributed by atoms with Crippen molar-refractivity contribution in [2.24, 2.45) is 5.92 Å². The van der Waals surface area contributed by atoms with Crippen LogP contribution in [0.15, 0.2) is 35.9 Å². The average molecular weight is 338 g/mol. The number of piperidine rings is 2. The first-order chi connectivity index (χ1) is 12.1. The predicted octanol–water partition coefficient (Wildman–Crippen LogP) is 2.02. The van der Waals surface area contributed by atoms with Crippen LogP contribution in [0.1, 0.15) is 30.1 Å². The van der Waals surface area contributed by atoms with Crippen LogP contribution in [0.2, 0.25) is 0 Å². The molecule has 0 aromatic heterocycles. The SMILES string of the molecule is CC=C1CN2CCC34C(=O)c5ccccc5N3C(C(=O)OC)C1CC24. The number of allylic oxidation sites excluding steroid dienone is 1. The van der Waals surface area contributed by atoms with Crippen molar-refractivity contribution in [3.05, 3.63) is 41.5 Å². The molecule has 3 fully saturated rings. The number of ketones is 1. The molecule has 4 heterocycles. The molecule has 4 atom stereocenters. The van der Waals surface area contributed by atoms with Gasteiger partial charge in [-0.15, -0.1) is 0 Å². The molecule has 0 saturated carbocycles. The Balaban J connectivity index is 1.77. The Labute approximate surface area is 147 Å². The van der Waals surface area contributed by atoms with Crippen molar-refractivity contribution in [2.75, 3.05) is 25.1 Å². The van der Waals surface area contributed by atoms with E-state index in [0.717, 1.165) is 37.2 Å². The molecule has 0 amide bonds. The van der Waals surface area contributed by atoms with Crippen LogP contribution in [0.3, 0.4) is 0 Å². The van der Waals surface area contributed by atoms with Gasteiger partial charge in [0.25, 0.3) is 0 Å². The highest BCUT2D eigenvalue weighted by Gasteiger charge is 2.68. The summed E-state index contributed by atoms with van der Waals surface area (Å²) in [5.74, 6) is 0.0720. The Morgan fingerprint density at radius 3 is 2.92 bits per heavy atom. The topological polar surface area (TPSA) is 49.9 Å². The van der Waals surface area contributed by atoms with E-state index in [0.29, 0.717) is 0 Å². The van der Waals surface area contributed by atoms with Crippen LogP contribution in [0.25, 0.3) is 0 Å². The first kappa shape index (κ1) is 15.1. The van der Waals surface area contributed by atoms with Crippen LogP contribution in [0.5, 0.6) is 0 Å². The Morgan fingerprint density at radius 1 is 1.36 bits per heavy atom. The fourth-order valence-corrected chi connectivity index (χ4v) is 5.80. The second-order valence-electron chi connectivity index (χ2n) is 7.55. The molecule has 2 bridgehead atoms. The Morgan fingerprint density at radius 2 is 2.16 bits per heavy atom. The third-order valence-electron chi connectivity index (χ3n) is 6.82. The number of fused-ring (bicyclic) bond motifs is 3. The zero-order chi connectivity index (χ0) is 17.3. The second-order valence-corrected chi connectivity index (χ2v) is 7.55. The van der Waals surface area contributed by atoms with Crippen LogP contribution in [0, 0.1) is 5.92 Å². The van der Waals surface area contributed by atoms with Gasteiger partial charge >= 0.3 is 5.97 Å². The molecular weight excluding hydrogens is 316 g/mol. The maximum atomic E-state index is 13.5. The van der Waals surface area contributed by atoms with Gasteiger partial charge in [0.15, 0.2) is 5.78 Å². The summed E-state index contributed by atoms with van der Waals surface area (Å²) in [6.45, 7) is 3.81. The Hall–Kier alpha value is -2.14. The number of Topliss-reactive ketones (excluding diaryl/α,β-unsaturated/α-hetero) is 1. The highest BCUT2D eigenvalue weighted by atomic mass is 16.5. The van der Waals surface area contributed by atoms with Crippen LogP contribution < -0.4 is 4.90 Å². The predicted molar refractivity (Wildman–Crippen MR) is 93.6 cm³/mol. The highest BCUT2D eigenvalue weighted by molar-refractivity contribution is 6.16. The molecule has 4 aliphatic rings. The number of para-hydroxylation sites is 1. The van der Waals surface area contributed by atoms with Gasteiger partial charge in [-0.2, -0.15) is 0 Å². The van der Waals surface area contributed by atoms with E-state index >= 15 is 0 Å². The maximum absolute atomic E-state index is 13.5. The van der Waals surface area contributed by atoms with E-state index in [4.69, 9.17) is 4.74 Å². The van der Waals surface area contributed by atoms with Gasteiger partial charge in [-0.1, -0.05) is 23.8 Å². The molecule has 1 aromatic carbocycles. The number of nitrogens with zero attached hydrogens (tertiary/aromatic N) is 2. The molecule has 5 nitrogen and oxygen atoms in total. The quantitative estimate of drug-likeness (QED) is 0.579. The van der Waals surface area contributed by atoms with Crippen LogP contribution in [-0.4, -0.2) is 54.5 Å². The molecule has 1 aromatic rings. The van der Waals surface area contributed by atoms with E-state index in [2.05, 4.69) is 15.9 Å². The largest absolute Gasteiger partial charge is 0.467 e. The van der Waals surface area contributed by atoms with E-state index in [1.54, 1.807) is 0 Å². The summed E-state index contributed by atoms with van der Waals surface area (Å²) in [4.78, 5) is 30.9. The maximum Gasteiger partial charge on any atom is 0.329 e. The summed E-state index contributed by atoms with van der Waals surface area (Å²) in [7, 11) is 1.45. The molecule has 3 saturated heterocycles. The van der Waals surface area contributed by atoms with Crippen molar-refractivity contribution in [3.8, 4) is 0 Å². The van der Waals surface area contributed by atoms with Gasteiger partial charge in [0, 0.05) is 36.3 Å². The molecule has 5 heteroatoms. The molecule has 5 rings (SSSR count). The molecule has 4 aliphatic heterocycles. The fourth-order valence-electron chi connectivity index (χ4n) is 5.80. The van der Waals surface area contributed by atoms with Crippen molar-refractivity contribution in [3.63, 3.8) is 0 Å². The number of methoxy groups -OCH3 is 1. The lowest BCUT2D eigenvalue weighted by atomic mass is 9.69. The summed E-state index contributed by atoms with van der Waals surface area (Å²) in [5, 5.41) is 0. The summed E-state index contributed by atoms with van der Waals surface area (Å²) >= 11 is 0. The summed E-state index contributed by atoms with van der Waals surface area (Å²) < 4.78 is 5.20. The monoisotopic (exact) mass is 338 g/mol. The lowest BCUT2D eigenvalue weighted by Crippen LogP contribution is -2.71. The average Bonchev–Trinajstić information content (AvgIpc) is 3.16. The molecule has 0 aliphatic carbocycles. The number of carbonyl (C=O) groups is 2. The number of ether oxygens (including phenoxy) is 1. The fraction of sp³-hybridized carbons (Fsp3) is 0.500. The Kier molecular flexibility index (Phi) is 2.99. The van der Waals surface area contributed by atoms with E-state index in [1.165, 1.54) is 12.7 Å². The minimum atomic E-state index is -0.599. The smallest absolute Gasteiger partial charge is 0.329 e. The van der Waals surface area contributed by atoms with Crippen molar-refractivity contribution >= 4 is 17.4 Å². The van der Waals surface area contributed by atoms with E-state index < -0.39 is 11.6 Å². The zero-order valence-corrected chi connectivity index (χ0v) is 14.6. The van der Waals surface area contributed by atoms with Gasteiger partial charge < -0.3 is 9.64 Å². The van der Waals surface area contributed by atoms with Crippen LogP contribution in [-0.2, 0) is 9.53 Å². The van der Waals surface area contributed by atoms with Gasteiger partial charge in [0.2, 0.25) is 0 Å². The number of rotatable bonds is 1. The number of carbonyl (C=O) groups excluding carboxylic acids is 2. The van der Waals surface area contributed by atoms with Crippen molar-refractivity contribution in [2.45, 2.75) is 37.4 Å². The normalized spacial score (nSPS) is 37.2. The molecule has 25 heavy (non-hydrogen) atoms. The molecule has 0 radical (unpaired) electrons. The lowest BCUT2D eigenvalue weighted by Gasteiger charge is -2.55. The van der Waals surface area contributed by atoms with Crippen LogP contribution >= 0.6 is 0 Å².